The highest BCUT2D eigenvalue weighted by Gasteiger charge is 2.47. The smallest absolute Gasteiger partial charge is 0.244 e. The molecule has 0 aliphatic heterocycles. The van der Waals surface area contributed by atoms with Crippen LogP contribution in [0, 0.1) is 0 Å². The van der Waals surface area contributed by atoms with Gasteiger partial charge in [0.2, 0.25) is 17.7 Å². The molecule has 8 nitrogen and oxygen atoms in total. The summed E-state index contributed by atoms with van der Waals surface area (Å²) in [6, 6.07) is 13.9. The van der Waals surface area contributed by atoms with Gasteiger partial charge in [0.25, 0.3) is 0 Å². The molecule has 0 saturated carbocycles. The van der Waals surface area contributed by atoms with Gasteiger partial charge in [-0.15, -0.1) is 0 Å². The van der Waals surface area contributed by atoms with Gasteiger partial charge < -0.3 is 15.4 Å². The van der Waals surface area contributed by atoms with Crippen LogP contribution in [0.5, 0.6) is 5.75 Å². The van der Waals surface area contributed by atoms with Gasteiger partial charge in [-0.3, -0.25) is 19.6 Å². The van der Waals surface area contributed by atoms with Crippen LogP contribution in [0.15, 0.2) is 48.5 Å². The molecule has 4 N–H and O–H groups in total. The standard InChI is InChI=1S/C23H27N3O5/c1-24-21(28)19(13-15-7-9-17(31-2)10-8-15)25-22(29)23(14-20(27)26-30)12-11-16-5-3-4-6-18(16)23/h3-10,19,30H,11-14H2,1-2H3,(H,24,28)(H,25,29)(H,26,27)/t19-,23?/m0/s1. The summed E-state index contributed by atoms with van der Waals surface area (Å²) in [5.74, 6) is -0.709. The molecule has 1 unspecified atom stereocenters. The van der Waals surface area contributed by atoms with Gasteiger partial charge in [-0.05, 0) is 41.7 Å². The Morgan fingerprint density at radius 1 is 1.13 bits per heavy atom. The number of carbonyl (C=O) groups excluding carboxylic acids is 3. The van der Waals surface area contributed by atoms with E-state index in [0.717, 1.165) is 16.7 Å². The number of rotatable bonds is 8. The number of ether oxygens (including phenoxy) is 1. The summed E-state index contributed by atoms with van der Waals surface area (Å²) in [6.45, 7) is 0. The van der Waals surface area contributed by atoms with E-state index >= 15 is 0 Å². The van der Waals surface area contributed by atoms with Gasteiger partial charge in [-0.1, -0.05) is 36.4 Å². The highest BCUT2D eigenvalue weighted by atomic mass is 16.5. The van der Waals surface area contributed by atoms with E-state index in [1.165, 1.54) is 7.05 Å². The molecule has 3 rings (SSSR count). The zero-order valence-electron chi connectivity index (χ0n) is 17.6. The normalized spacial score (nSPS) is 17.9. The molecule has 2 aromatic rings. The Kier molecular flexibility index (Phi) is 6.91. The third-order valence-corrected chi connectivity index (χ3v) is 5.84. The minimum absolute atomic E-state index is 0.213. The number of aryl methyl sites for hydroxylation is 1. The summed E-state index contributed by atoms with van der Waals surface area (Å²) in [4.78, 5) is 38.2. The molecular formula is C23H27N3O5. The van der Waals surface area contributed by atoms with Crippen LogP contribution in [-0.2, 0) is 32.6 Å². The van der Waals surface area contributed by atoms with Crippen LogP contribution in [-0.4, -0.2) is 43.1 Å². The number of hydroxylamine groups is 1. The van der Waals surface area contributed by atoms with Crippen molar-refractivity contribution in [1.82, 2.24) is 16.1 Å². The van der Waals surface area contributed by atoms with Crippen molar-refractivity contribution >= 4 is 17.7 Å². The summed E-state index contributed by atoms with van der Waals surface area (Å²) in [5, 5.41) is 14.5. The number of benzene rings is 2. The minimum atomic E-state index is -1.16. The first-order chi connectivity index (χ1) is 14.9. The van der Waals surface area contributed by atoms with Crippen LogP contribution in [0.1, 0.15) is 29.5 Å². The Morgan fingerprint density at radius 3 is 2.48 bits per heavy atom. The van der Waals surface area contributed by atoms with Crippen LogP contribution in [0.25, 0.3) is 0 Å². The number of amides is 3. The Hall–Kier alpha value is -3.39. The fourth-order valence-corrected chi connectivity index (χ4v) is 4.18. The van der Waals surface area contributed by atoms with E-state index in [1.807, 2.05) is 36.4 Å². The van der Waals surface area contributed by atoms with Crippen LogP contribution in [0.2, 0.25) is 0 Å². The molecule has 0 heterocycles. The molecule has 8 heteroatoms. The monoisotopic (exact) mass is 425 g/mol. The summed E-state index contributed by atoms with van der Waals surface area (Å²) in [6.07, 6.45) is 1.11. The lowest BCUT2D eigenvalue weighted by Gasteiger charge is -2.30. The van der Waals surface area contributed by atoms with E-state index in [-0.39, 0.29) is 18.7 Å². The third-order valence-electron chi connectivity index (χ3n) is 5.84. The first kappa shape index (κ1) is 22.3. The first-order valence-corrected chi connectivity index (χ1v) is 10.1. The minimum Gasteiger partial charge on any atom is -0.497 e. The van der Waals surface area contributed by atoms with Gasteiger partial charge in [0.15, 0.2) is 0 Å². The lowest BCUT2D eigenvalue weighted by atomic mass is 9.77. The summed E-state index contributed by atoms with van der Waals surface area (Å²) >= 11 is 0. The molecule has 0 aromatic heterocycles. The molecule has 0 radical (unpaired) electrons. The second-order valence-corrected chi connectivity index (χ2v) is 7.64. The highest BCUT2D eigenvalue weighted by Crippen LogP contribution is 2.42. The molecule has 31 heavy (non-hydrogen) atoms. The summed E-state index contributed by atoms with van der Waals surface area (Å²) < 4.78 is 5.16. The topological polar surface area (TPSA) is 117 Å². The lowest BCUT2D eigenvalue weighted by Crippen LogP contribution is -2.54. The molecular weight excluding hydrogens is 398 g/mol. The van der Waals surface area contributed by atoms with Crippen molar-refractivity contribution in [2.75, 3.05) is 14.2 Å². The van der Waals surface area contributed by atoms with Crippen molar-refractivity contribution in [3.8, 4) is 5.75 Å². The van der Waals surface area contributed by atoms with Gasteiger partial charge in [-0.25, -0.2) is 5.48 Å². The number of carbonyl (C=O) groups is 3. The van der Waals surface area contributed by atoms with Crippen LogP contribution >= 0.6 is 0 Å². The van der Waals surface area contributed by atoms with Crippen molar-refractivity contribution in [3.05, 3.63) is 65.2 Å². The maximum Gasteiger partial charge on any atom is 0.244 e. The van der Waals surface area contributed by atoms with Crippen LogP contribution < -0.4 is 20.9 Å². The van der Waals surface area contributed by atoms with Crippen molar-refractivity contribution < 1.29 is 24.3 Å². The average Bonchev–Trinajstić information content (AvgIpc) is 3.18. The van der Waals surface area contributed by atoms with Gasteiger partial charge >= 0.3 is 0 Å². The fraction of sp³-hybridized carbons (Fsp3) is 0.348. The Bertz CT molecular complexity index is 960. The number of methoxy groups -OCH3 is 1. The van der Waals surface area contributed by atoms with Crippen molar-refractivity contribution in [1.29, 1.82) is 0 Å². The molecule has 1 aliphatic carbocycles. The van der Waals surface area contributed by atoms with Gasteiger partial charge in [0.05, 0.1) is 12.5 Å². The molecule has 0 bridgehead atoms. The van der Waals surface area contributed by atoms with E-state index < -0.39 is 23.3 Å². The van der Waals surface area contributed by atoms with E-state index in [0.29, 0.717) is 18.6 Å². The Balaban J connectivity index is 1.88. The number of nitrogens with one attached hydrogen (secondary N) is 3. The van der Waals surface area contributed by atoms with E-state index in [1.54, 1.807) is 24.7 Å². The zero-order chi connectivity index (χ0) is 22.4. The Labute approximate surface area is 180 Å². The predicted octanol–water partition coefficient (Wildman–Crippen LogP) is 1.25. The summed E-state index contributed by atoms with van der Waals surface area (Å²) in [7, 11) is 3.08. The number of fused-ring (bicyclic) bond motifs is 1. The molecule has 2 atom stereocenters. The Morgan fingerprint density at radius 2 is 1.84 bits per heavy atom. The second-order valence-electron chi connectivity index (χ2n) is 7.64. The predicted molar refractivity (Wildman–Crippen MR) is 114 cm³/mol. The van der Waals surface area contributed by atoms with Crippen molar-refractivity contribution in [3.63, 3.8) is 0 Å². The number of hydrogen-bond acceptors (Lipinski definition) is 5. The lowest BCUT2D eigenvalue weighted by molar-refractivity contribution is -0.137. The summed E-state index contributed by atoms with van der Waals surface area (Å²) in [5.41, 5.74) is 3.05. The molecule has 164 valence electrons. The van der Waals surface area contributed by atoms with E-state index in [9.17, 15) is 14.4 Å². The zero-order valence-corrected chi connectivity index (χ0v) is 17.6. The van der Waals surface area contributed by atoms with Crippen molar-refractivity contribution in [2.24, 2.45) is 0 Å². The van der Waals surface area contributed by atoms with Gasteiger partial charge in [0.1, 0.15) is 11.8 Å². The number of hydrogen-bond donors (Lipinski definition) is 4. The van der Waals surface area contributed by atoms with E-state index in [2.05, 4.69) is 10.6 Å². The largest absolute Gasteiger partial charge is 0.497 e. The molecule has 0 fully saturated rings. The average molecular weight is 425 g/mol. The van der Waals surface area contributed by atoms with Crippen LogP contribution in [0.4, 0.5) is 0 Å². The van der Waals surface area contributed by atoms with Gasteiger partial charge in [0, 0.05) is 19.9 Å². The molecule has 3 amide bonds. The maximum atomic E-state index is 13.5. The highest BCUT2D eigenvalue weighted by molar-refractivity contribution is 5.97. The third kappa shape index (κ3) is 4.69. The SMILES string of the molecule is CNC(=O)[C@H](Cc1ccc(OC)cc1)NC(=O)C1(CC(=O)NO)CCc2ccccc21. The molecule has 1 aliphatic rings. The quantitative estimate of drug-likeness (QED) is 0.375. The number of likely N-dealkylation sites (N-methyl/N-ethyl adjacent to an activating group) is 1. The van der Waals surface area contributed by atoms with Crippen LogP contribution in [0.3, 0.4) is 0 Å². The van der Waals surface area contributed by atoms with E-state index in [4.69, 9.17) is 9.94 Å². The van der Waals surface area contributed by atoms with Gasteiger partial charge in [-0.2, -0.15) is 0 Å². The molecule has 0 saturated heterocycles. The van der Waals surface area contributed by atoms with Crippen molar-refractivity contribution in [2.45, 2.75) is 37.1 Å². The molecule has 2 aromatic carbocycles. The fourth-order valence-electron chi connectivity index (χ4n) is 4.18. The molecule has 0 spiro atoms. The maximum absolute atomic E-state index is 13.5. The first-order valence-electron chi connectivity index (χ1n) is 10.1. The second kappa shape index (κ2) is 9.61.